The number of aromatic hydroxyl groups is 1. The summed E-state index contributed by atoms with van der Waals surface area (Å²) in [4.78, 5) is 65.3. The summed E-state index contributed by atoms with van der Waals surface area (Å²) in [5.41, 5.74) is 5.20. The highest BCUT2D eigenvalue weighted by molar-refractivity contribution is 6.36. The lowest BCUT2D eigenvalue weighted by Gasteiger charge is -2.50. The minimum atomic E-state index is -1.69. The van der Waals surface area contributed by atoms with Gasteiger partial charge in [-0.05, 0) is 109 Å². The van der Waals surface area contributed by atoms with Crippen molar-refractivity contribution in [1.29, 1.82) is 0 Å². The molecule has 1 saturated carbocycles. The Labute approximate surface area is 351 Å². The molecule has 4 amide bonds. The van der Waals surface area contributed by atoms with Crippen LogP contribution in [0.3, 0.4) is 0 Å². The van der Waals surface area contributed by atoms with Gasteiger partial charge in [0.05, 0.1) is 46.7 Å². The molecule has 10 rings (SSSR count). The highest BCUT2D eigenvalue weighted by Crippen LogP contribution is 2.64. The first-order valence-electron chi connectivity index (χ1n) is 19.3. The van der Waals surface area contributed by atoms with Crippen molar-refractivity contribution in [3.8, 4) is 23.0 Å². The highest BCUT2D eigenvalue weighted by Gasteiger charge is 2.70. The van der Waals surface area contributed by atoms with E-state index in [-0.39, 0.29) is 29.5 Å². The molecule has 3 fully saturated rings. The molecule has 14 heteroatoms. The summed E-state index contributed by atoms with van der Waals surface area (Å²) in [6, 6.07) is 29.5. The van der Waals surface area contributed by atoms with Gasteiger partial charge >= 0.3 is 0 Å². The number of hydrogen-bond donors (Lipinski definition) is 2. The van der Waals surface area contributed by atoms with E-state index < -0.39 is 64.3 Å². The fraction of sp³-hybridized carbons (Fsp3) is 0.196. The van der Waals surface area contributed by atoms with E-state index in [1.165, 1.54) is 30.2 Å². The monoisotopic (exact) mass is 842 g/mol. The number of phenols is 1. The van der Waals surface area contributed by atoms with Crippen LogP contribution in [0.25, 0.3) is 22.6 Å². The third kappa shape index (κ3) is 5.57. The molecule has 1 aromatic heterocycles. The van der Waals surface area contributed by atoms with Crippen LogP contribution in [0.1, 0.15) is 29.9 Å². The molecule has 2 N–H and O–H groups in total. The Morgan fingerprint density at radius 3 is 2.37 bits per heavy atom. The Balaban J connectivity index is 1.09. The molecule has 5 aromatic carbocycles. The summed E-state index contributed by atoms with van der Waals surface area (Å²) in [6.45, 7) is 0. The molecule has 0 bridgehead atoms. The maximum Gasteiger partial charge on any atom is 0.260 e. The number of nitrogens with one attached hydrogen (secondary N) is 1. The average molecular weight is 844 g/mol. The van der Waals surface area contributed by atoms with Gasteiger partial charge in [0.15, 0.2) is 17.1 Å². The van der Waals surface area contributed by atoms with Gasteiger partial charge in [-0.1, -0.05) is 65.2 Å². The molecule has 2 saturated heterocycles. The highest BCUT2D eigenvalue weighted by atomic mass is 35.5. The van der Waals surface area contributed by atoms with Gasteiger partial charge in [0, 0.05) is 16.5 Å². The first kappa shape index (κ1) is 37.7. The second kappa shape index (κ2) is 14.1. The molecule has 300 valence electrons. The largest absolute Gasteiger partial charge is 0.505 e. The molecular weight excluding hydrogens is 810 g/mol. The van der Waals surface area contributed by atoms with E-state index in [0.717, 1.165) is 11.1 Å². The minimum Gasteiger partial charge on any atom is -0.505 e. The van der Waals surface area contributed by atoms with E-state index in [9.17, 15) is 19.5 Å². The second-order valence-corrected chi connectivity index (χ2v) is 16.3. The average Bonchev–Trinajstić information content (AvgIpc) is 3.87. The molecule has 2 aliphatic carbocycles. The van der Waals surface area contributed by atoms with Crippen LogP contribution in [0.2, 0.25) is 10.0 Å². The summed E-state index contributed by atoms with van der Waals surface area (Å²) in [5.74, 6) is -7.21. The van der Waals surface area contributed by atoms with Crippen LogP contribution in [0.15, 0.2) is 125 Å². The SMILES string of the molecule is COc1ccc(C23C(=O)N(Nc4ccc(Cl)cc4Cl)C(=O)C2CC2C(=CCC4C(=O)N(c5ccc(-c6nc7ccccc7o6)cc5)C(=O)C42)C3c2ccc(O)c(F)c2)cc1. The molecule has 60 heavy (non-hydrogen) atoms. The molecule has 6 atom stereocenters. The third-order valence-electron chi connectivity index (χ3n) is 12.6. The van der Waals surface area contributed by atoms with E-state index >= 15 is 9.18 Å². The number of oxazole rings is 1. The lowest BCUT2D eigenvalue weighted by molar-refractivity contribution is -0.138. The minimum absolute atomic E-state index is 0.0106. The van der Waals surface area contributed by atoms with E-state index in [2.05, 4.69) is 10.4 Å². The number of aromatic nitrogens is 1. The molecule has 11 nitrogen and oxygen atoms in total. The Morgan fingerprint density at radius 2 is 1.65 bits per heavy atom. The number of methoxy groups -OCH3 is 1. The first-order valence-corrected chi connectivity index (χ1v) is 20.0. The van der Waals surface area contributed by atoms with E-state index in [1.807, 2.05) is 30.3 Å². The Morgan fingerprint density at radius 1 is 0.883 bits per heavy atom. The maximum atomic E-state index is 15.5. The number of fused-ring (bicyclic) bond motifs is 5. The zero-order chi connectivity index (χ0) is 41.6. The Hall–Kier alpha value is -6.50. The maximum absolute atomic E-state index is 15.5. The lowest BCUT2D eigenvalue weighted by Crippen LogP contribution is -2.53. The van der Waals surface area contributed by atoms with Crippen molar-refractivity contribution < 1.29 is 37.8 Å². The number of hydrazine groups is 1. The van der Waals surface area contributed by atoms with E-state index in [0.29, 0.717) is 55.7 Å². The second-order valence-electron chi connectivity index (χ2n) is 15.5. The number of ether oxygens (including phenoxy) is 1. The smallest absolute Gasteiger partial charge is 0.260 e. The number of nitrogens with zero attached hydrogens (tertiary/aromatic N) is 3. The van der Waals surface area contributed by atoms with Gasteiger partial charge in [0.1, 0.15) is 11.3 Å². The number of rotatable bonds is 7. The number of phenolic OH excluding ortho intramolecular Hbond substituents is 1. The summed E-state index contributed by atoms with van der Waals surface area (Å²) in [6.07, 6.45) is 2.04. The summed E-state index contributed by atoms with van der Waals surface area (Å²) in [7, 11) is 1.51. The van der Waals surface area contributed by atoms with Crippen molar-refractivity contribution in [3.05, 3.63) is 148 Å². The van der Waals surface area contributed by atoms with Crippen LogP contribution in [0.4, 0.5) is 15.8 Å². The summed E-state index contributed by atoms with van der Waals surface area (Å²) in [5, 5.41) is 11.8. The number of anilines is 2. The Kier molecular flexibility index (Phi) is 8.85. The quantitative estimate of drug-likeness (QED) is 0.119. The molecule has 3 heterocycles. The molecule has 6 unspecified atom stereocenters. The van der Waals surface area contributed by atoms with Crippen molar-refractivity contribution in [1.82, 2.24) is 9.99 Å². The number of hydrogen-bond acceptors (Lipinski definition) is 9. The normalized spacial score (nSPS) is 24.7. The predicted octanol–water partition coefficient (Wildman–Crippen LogP) is 8.84. The van der Waals surface area contributed by atoms with Crippen LogP contribution in [0, 0.1) is 29.5 Å². The molecule has 6 aromatic rings. The van der Waals surface area contributed by atoms with Gasteiger partial charge in [-0.25, -0.2) is 9.37 Å². The fourth-order valence-corrected chi connectivity index (χ4v) is 10.4. The van der Waals surface area contributed by atoms with Crippen molar-refractivity contribution >= 4 is 69.3 Å². The van der Waals surface area contributed by atoms with Gasteiger partial charge < -0.3 is 14.3 Å². The van der Waals surface area contributed by atoms with Gasteiger partial charge in [0.25, 0.3) is 11.8 Å². The number of allylic oxidation sites excluding steroid dienone is 2. The van der Waals surface area contributed by atoms with Gasteiger partial charge in [-0.15, -0.1) is 0 Å². The van der Waals surface area contributed by atoms with Crippen molar-refractivity contribution in [2.24, 2.45) is 23.7 Å². The number of carbonyl (C=O) groups is 4. The zero-order valence-corrected chi connectivity index (χ0v) is 33.2. The molecule has 0 radical (unpaired) electrons. The van der Waals surface area contributed by atoms with Crippen LogP contribution >= 0.6 is 23.2 Å². The van der Waals surface area contributed by atoms with Crippen molar-refractivity contribution in [2.75, 3.05) is 17.4 Å². The fourth-order valence-electron chi connectivity index (χ4n) is 9.92. The molecule has 0 spiro atoms. The number of amides is 4. The van der Waals surface area contributed by atoms with Crippen LogP contribution in [0.5, 0.6) is 11.5 Å². The number of para-hydroxylation sites is 2. The lowest BCUT2D eigenvalue weighted by atomic mass is 9.49. The molecular formula is C46H33Cl2FN4O7. The van der Waals surface area contributed by atoms with E-state index in [1.54, 1.807) is 60.7 Å². The summed E-state index contributed by atoms with van der Waals surface area (Å²) >= 11 is 12.7. The van der Waals surface area contributed by atoms with Crippen LogP contribution in [-0.4, -0.2) is 45.8 Å². The molecule has 4 aliphatic rings. The van der Waals surface area contributed by atoms with E-state index in [4.69, 9.17) is 32.4 Å². The zero-order valence-electron chi connectivity index (χ0n) is 31.6. The van der Waals surface area contributed by atoms with Gasteiger partial charge in [0.2, 0.25) is 17.7 Å². The standard InChI is InChI=1S/C46H33Cl2FN4O7/c1-59-28-14-9-25(10-15-28)46-32(43(56)53(45(46)58)51-35-18-11-26(47)21-33(35)48)22-31-29(40(46)24-8-19-37(54)34(49)20-24)16-17-30-39(31)44(57)52(42(30)55)27-12-6-23(7-13-27)41-50-36-4-2-3-5-38(36)60-41/h2-16,18-21,30-32,39-40,51,54H,17,22H2,1H3. The number of benzene rings is 5. The topological polar surface area (TPSA) is 142 Å². The predicted molar refractivity (Wildman–Crippen MR) is 221 cm³/mol. The number of carbonyl (C=O) groups excluding carboxylic acids is 4. The van der Waals surface area contributed by atoms with Crippen LogP contribution < -0.4 is 15.1 Å². The number of halogens is 3. The number of imide groups is 2. The van der Waals surface area contributed by atoms with Gasteiger partial charge in [-0.2, -0.15) is 5.01 Å². The third-order valence-corrected chi connectivity index (χ3v) is 13.1. The Bertz CT molecular complexity index is 2800. The first-order chi connectivity index (χ1) is 29.0. The summed E-state index contributed by atoms with van der Waals surface area (Å²) < 4.78 is 26.9. The van der Waals surface area contributed by atoms with Crippen molar-refractivity contribution in [2.45, 2.75) is 24.2 Å². The van der Waals surface area contributed by atoms with Gasteiger partial charge in [-0.3, -0.25) is 29.5 Å². The van der Waals surface area contributed by atoms with Crippen molar-refractivity contribution in [3.63, 3.8) is 0 Å². The molecule has 2 aliphatic heterocycles. The van der Waals surface area contributed by atoms with Crippen LogP contribution in [-0.2, 0) is 24.6 Å².